The standard InChI is InChI=1S/C2H5NO2.CHNS/c3-1-2(4)5;2-1-3/h1,3H2,(H,4,5);3H. The van der Waals surface area contributed by atoms with E-state index in [2.05, 4.69) is 18.4 Å². The first kappa shape index (κ1) is 10.3. The number of nitriles is 1. The molecule has 0 aliphatic rings. The van der Waals surface area contributed by atoms with Crippen LogP contribution in [0.3, 0.4) is 0 Å². The Morgan fingerprint density at radius 2 is 2.12 bits per heavy atom. The molecule has 0 aromatic heterocycles. The average molecular weight is 134 g/mol. The highest BCUT2D eigenvalue weighted by atomic mass is 32.1. The highest BCUT2D eigenvalue weighted by Gasteiger charge is 1.81. The summed E-state index contributed by atoms with van der Waals surface area (Å²) in [5, 5.41) is 16.2. The highest BCUT2D eigenvalue weighted by molar-refractivity contribution is 7.85. The molecule has 0 bridgehead atoms. The van der Waals surface area contributed by atoms with E-state index in [-0.39, 0.29) is 6.54 Å². The predicted molar refractivity (Wildman–Crippen MR) is 31.3 cm³/mol. The summed E-state index contributed by atoms with van der Waals surface area (Å²) in [4.78, 5) is 9.24. The number of hydrogen-bond donors (Lipinski definition) is 3. The topological polar surface area (TPSA) is 87.1 Å². The lowest BCUT2D eigenvalue weighted by Crippen LogP contribution is -2.10. The average Bonchev–Trinajstić information content (AvgIpc) is 1.69. The third kappa shape index (κ3) is 59.6. The minimum absolute atomic E-state index is 0.278. The number of carboxylic acid groups (broad SMARTS) is 1. The van der Waals surface area contributed by atoms with Gasteiger partial charge in [0.25, 0.3) is 0 Å². The Morgan fingerprint density at radius 3 is 2.12 bits per heavy atom. The Labute approximate surface area is 52.3 Å². The van der Waals surface area contributed by atoms with Crippen LogP contribution in [0, 0.1) is 10.7 Å². The van der Waals surface area contributed by atoms with Gasteiger partial charge in [-0.05, 0) is 0 Å². The van der Waals surface area contributed by atoms with Gasteiger partial charge in [0, 0.05) is 0 Å². The van der Waals surface area contributed by atoms with Gasteiger partial charge in [0.1, 0.15) is 5.40 Å². The molecule has 0 spiro atoms. The zero-order chi connectivity index (χ0) is 6.99. The summed E-state index contributed by atoms with van der Waals surface area (Å²) >= 11 is 3.09. The van der Waals surface area contributed by atoms with Gasteiger partial charge in [-0.3, -0.25) is 4.79 Å². The largest absolute Gasteiger partial charge is 0.480 e. The molecule has 0 saturated carbocycles. The summed E-state index contributed by atoms with van der Waals surface area (Å²) < 4.78 is 0. The van der Waals surface area contributed by atoms with Crippen molar-refractivity contribution in [1.82, 2.24) is 0 Å². The number of carboxylic acids is 1. The molecule has 0 aromatic carbocycles. The fourth-order valence-corrected chi connectivity index (χ4v) is 0. The molecule has 0 unspecified atom stereocenters. The quantitative estimate of drug-likeness (QED) is 0.331. The van der Waals surface area contributed by atoms with Crippen LogP contribution < -0.4 is 5.73 Å². The Balaban J connectivity index is 0. The molecule has 0 aromatic rings. The van der Waals surface area contributed by atoms with Gasteiger partial charge in [0.15, 0.2) is 0 Å². The van der Waals surface area contributed by atoms with Gasteiger partial charge in [-0.1, -0.05) is 12.6 Å². The smallest absolute Gasteiger partial charge is 0.317 e. The second kappa shape index (κ2) is 9.55. The van der Waals surface area contributed by atoms with Crippen molar-refractivity contribution in [3.8, 4) is 5.40 Å². The molecule has 0 heterocycles. The van der Waals surface area contributed by atoms with Gasteiger partial charge >= 0.3 is 5.97 Å². The van der Waals surface area contributed by atoms with E-state index in [0.717, 1.165) is 0 Å². The van der Waals surface area contributed by atoms with E-state index in [4.69, 9.17) is 10.4 Å². The van der Waals surface area contributed by atoms with Crippen LogP contribution in [0.1, 0.15) is 0 Å². The number of thiol groups is 1. The maximum Gasteiger partial charge on any atom is 0.317 e. The highest BCUT2D eigenvalue weighted by Crippen LogP contribution is 1.46. The lowest BCUT2D eigenvalue weighted by atomic mass is 10.7. The molecule has 3 N–H and O–H groups in total. The zero-order valence-corrected chi connectivity index (χ0v) is 4.93. The second-order valence-electron chi connectivity index (χ2n) is 0.698. The van der Waals surface area contributed by atoms with Crippen molar-refractivity contribution in [1.29, 1.82) is 5.26 Å². The minimum atomic E-state index is -0.968. The lowest BCUT2D eigenvalue weighted by molar-refractivity contribution is -0.135. The van der Waals surface area contributed by atoms with E-state index in [0.29, 0.717) is 0 Å². The molecule has 46 valence electrons. The Hall–Kier alpha value is -0.730. The molecule has 5 heteroatoms. The summed E-state index contributed by atoms with van der Waals surface area (Å²) in [7, 11) is 0. The Kier molecular flexibility index (Phi) is 12.3. The zero-order valence-electron chi connectivity index (χ0n) is 4.03. The molecule has 0 aliphatic carbocycles. The summed E-state index contributed by atoms with van der Waals surface area (Å²) in [5.74, 6) is -0.968. The maximum absolute atomic E-state index is 9.24. The maximum atomic E-state index is 9.24. The third-order valence-corrected chi connectivity index (χ3v) is 0.175. The van der Waals surface area contributed by atoms with Crippen LogP contribution in [0.2, 0.25) is 0 Å². The van der Waals surface area contributed by atoms with Crippen LogP contribution in [0.5, 0.6) is 0 Å². The first-order valence-corrected chi connectivity index (χ1v) is 2.08. The van der Waals surface area contributed by atoms with Gasteiger partial charge in [-0.25, -0.2) is 0 Å². The van der Waals surface area contributed by atoms with Crippen LogP contribution in [0.4, 0.5) is 0 Å². The molecule has 8 heavy (non-hydrogen) atoms. The number of nitrogens with zero attached hydrogens (tertiary/aromatic N) is 1. The number of aliphatic carboxylic acids is 1. The number of nitrogens with two attached hydrogens (primary N) is 1. The number of thiocyanates is 1. The summed E-state index contributed by atoms with van der Waals surface area (Å²) in [6, 6.07) is 0. The first-order chi connectivity index (χ1) is 3.68. The molecule has 0 saturated heterocycles. The van der Waals surface area contributed by atoms with Gasteiger partial charge in [0.05, 0.1) is 6.54 Å². The first-order valence-electron chi connectivity index (χ1n) is 1.64. The molecule has 0 amide bonds. The normalized spacial score (nSPS) is 5.62. The monoisotopic (exact) mass is 134 g/mol. The fraction of sp³-hybridized carbons (Fsp3) is 0.333. The van der Waals surface area contributed by atoms with Crippen LogP contribution in [-0.2, 0) is 4.79 Å². The van der Waals surface area contributed by atoms with Crippen molar-refractivity contribution < 1.29 is 9.90 Å². The van der Waals surface area contributed by atoms with E-state index in [1.807, 2.05) is 0 Å². The molecule has 0 aliphatic heterocycles. The van der Waals surface area contributed by atoms with Gasteiger partial charge in [-0.2, -0.15) is 5.26 Å². The molecule has 0 fully saturated rings. The van der Waals surface area contributed by atoms with Crippen LogP contribution >= 0.6 is 12.6 Å². The number of rotatable bonds is 1. The molecule has 0 radical (unpaired) electrons. The Morgan fingerprint density at radius 1 is 2.00 bits per heavy atom. The molecule has 0 atom stereocenters. The van der Waals surface area contributed by atoms with Gasteiger partial charge in [0.2, 0.25) is 0 Å². The van der Waals surface area contributed by atoms with Gasteiger partial charge < -0.3 is 10.8 Å². The summed E-state index contributed by atoms with van der Waals surface area (Å²) in [6.45, 7) is -0.278. The van der Waals surface area contributed by atoms with Crippen molar-refractivity contribution in [2.24, 2.45) is 5.73 Å². The minimum Gasteiger partial charge on any atom is -0.480 e. The number of hydrogen-bond acceptors (Lipinski definition) is 4. The fourth-order valence-electron chi connectivity index (χ4n) is 0. The van der Waals surface area contributed by atoms with Gasteiger partial charge in [-0.15, -0.1) is 0 Å². The molecular formula is C3H6N2O2S. The van der Waals surface area contributed by atoms with Crippen LogP contribution in [0.15, 0.2) is 0 Å². The SMILES string of the molecule is N#CS.NCC(=O)O. The number of carbonyl (C=O) groups is 1. The van der Waals surface area contributed by atoms with Crippen LogP contribution in [-0.4, -0.2) is 17.6 Å². The van der Waals surface area contributed by atoms with E-state index >= 15 is 0 Å². The predicted octanol–water partition coefficient (Wildman–Crippen LogP) is -0.573. The molecule has 0 rings (SSSR count). The molecular weight excluding hydrogens is 128 g/mol. The van der Waals surface area contributed by atoms with E-state index < -0.39 is 5.97 Å². The Bertz CT molecular complexity index is 97.9. The van der Waals surface area contributed by atoms with Crippen molar-refractivity contribution in [2.75, 3.05) is 6.54 Å². The van der Waals surface area contributed by atoms with E-state index in [9.17, 15) is 4.79 Å². The van der Waals surface area contributed by atoms with E-state index in [1.165, 1.54) is 5.40 Å². The third-order valence-electron chi connectivity index (χ3n) is 0.175. The van der Waals surface area contributed by atoms with Crippen molar-refractivity contribution >= 4 is 18.6 Å². The van der Waals surface area contributed by atoms with E-state index in [1.54, 1.807) is 0 Å². The van der Waals surface area contributed by atoms with Crippen molar-refractivity contribution in [3.63, 3.8) is 0 Å². The van der Waals surface area contributed by atoms with Crippen LogP contribution in [0.25, 0.3) is 0 Å². The summed E-state index contributed by atoms with van der Waals surface area (Å²) in [5.41, 5.74) is 4.57. The van der Waals surface area contributed by atoms with Crippen molar-refractivity contribution in [3.05, 3.63) is 0 Å². The second-order valence-corrected chi connectivity index (χ2v) is 0.898. The lowest BCUT2D eigenvalue weighted by Gasteiger charge is -1.73. The molecule has 4 nitrogen and oxygen atoms in total. The summed E-state index contributed by atoms with van der Waals surface area (Å²) in [6.07, 6.45) is 0. The van der Waals surface area contributed by atoms with Crippen molar-refractivity contribution in [2.45, 2.75) is 0 Å².